The largest absolute Gasteiger partial charge is 0.506 e. The highest BCUT2D eigenvalue weighted by atomic mass is 32.2. The lowest BCUT2D eigenvalue weighted by Crippen LogP contribution is -2.36. The van der Waals surface area contributed by atoms with E-state index in [0.29, 0.717) is 4.91 Å². The molecule has 2 amide bonds. The zero-order valence-corrected chi connectivity index (χ0v) is 16.8. The summed E-state index contributed by atoms with van der Waals surface area (Å²) in [6.07, 6.45) is 1.73. The third-order valence-corrected chi connectivity index (χ3v) is 5.49. The van der Waals surface area contributed by atoms with Crippen molar-refractivity contribution in [2.24, 2.45) is 0 Å². The number of nitro groups is 1. The topological polar surface area (TPSA) is 113 Å². The Bertz CT molecular complexity index is 1070. The van der Waals surface area contributed by atoms with Crippen LogP contribution in [-0.4, -0.2) is 37.6 Å². The summed E-state index contributed by atoms with van der Waals surface area (Å²) in [5, 5.41) is 23.0. The Kier molecular flexibility index (Phi) is 5.95. The fourth-order valence-corrected chi connectivity index (χ4v) is 3.84. The molecule has 0 aliphatic carbocycles. The minimum Gasteiger partial charge on any atom is -0.506 e. The highest BCUT2D eigenvalue weighted by Gasteiger charge is 2.33. The number of hydrogen-bond donors (Lipinski definition) is 2. The molecule has 10 heteroatoms. The van der Waals surface area contributed by atoms with Crippen LogP contribution in [0.3, 0.4) is 0 Å². The van der Waals surface area contributed by atoms with Gasteiger partial charge in [-0.25, -0.2) is 0 Å². The number of phenols is 1. The molecule has 8 nitrogen and oxygen atoms in total. The third kappa shape index (κ3) is 4.61. The summed E-state index contributed by atoms with van der Waals surface area (Å²) in [4.78, 5) is 36.6. The van der Waals surface area contributed by atoms with Crippen LogP contribution in [0.25, 0.3) is 6.08 Å². The standard InChI is InChI=1S/C19H15N3O5S2/c1-11-4-2-3-5-12(11)8-16-18(25)21(19(28)29-16)10-17(24)20-14-7-6-13(22(26)27)9-15(14)23/h2-9,23H,10H2,1H3,(H,20,24)/b16-8-. The molecule has 0 spiro atoms. The molecule has 0 radical (unpaired) electrons. The molecule has 0 unspecified atom stereocenters. The zero-order chi connectivity index (χ0) is 21.1. The van der Waals surface area contributed by atoms with Gasteiger partial charge in [0.2, 0.25) is 5.91 Å². The van der Waals surface area contributed by atoms with Crippen LogP contribution in [0.2, 0.25) is 0 Å². The average molecular weight is 429 g/mol. The predicted molar refractivity (Wildman–Crippen MR) is 114 cm³/mol. The number of nitrogens with one attached hydrogen (secondary N) is 1. The lowest BCUT2D eigenvalue weighted by molar-refractivity contribution is -0.384. The number of non-ortho nitro benzene ring substituents is 1. The monoisotopic (exact) mass is 429 g/mol. The van der Waals surface area contributed by atoms with Gasteiger partial charge in [-0.3, -0.25) is 24.6 Å². The van der Waals surface area contributed by atoms with Crippen molar-refractivity contribution >= 4 is 57.6 Å². The number of nitro benzene ring substituents is 1. The molecule has 1 aliphatic rings. The van der Waals surface area contributed by atoms with Gasteiger partial charge in [0.25, 0.3) is 11.6 Å². The Morgan fingerprint density at radius 1 is 1.34 bits per heavy atom. The van der Waals surface area contributed by atoms with Crippen molar-refractivity contribution in [1.29, 1.82) is 0 Å². The molecule has 0 bridgehead atoms. The molecule has 148 valence electrons. The molecular formula is C19H15N3O5S2. The summed E-state index contributed by atoms with van der Waals surface area (Å²) in [6.45, 7) is 1.59. The summed E-state index contributed by atoms with van der Waals surface area (Å²) in [6, 6.07) is 10.9. The molecule has 0 aromatic heterocycles. The Hall–Kier alpha value is -3.24. The van der Waals surface area contributed by atoms with Gasteiger partial charge in [-0.2, -0.15) is 0 Å². The van der Waals surface area contributed by atoms with Gasteiger partial charge in [0.1, 0.15) is 16.6 Å². The van der Waals surface area contributed by atoms with E-state index in [0.717, 1.165) is 35.0 Å². The van der Waals surface area contributed by atoms with Crippen molar-refractivity contribution in [1.82, 2.24) is 4.90 Å². The van der Waals surface area contributed by atoms with Gasteiger partial charge in [0, 0.05) is 6.07 Å². The van der Waals surface area contributed by atoms with E-state index in [4.69, 9.17) is 12.2 Å². The van der Waals surface area contributed by atoms with Gasteiger partial charge in [0.15, 0.2) is 0 Å². The maximum atomic E-state index is 12.7. The molecule has 0 saturated carbocycles. The lowest BCUT2D eigenvalue weighted by Gasteiger charge is -2.14. The molecule has 1 aliphatic heterocycles. The van der Waals surface area contributed by atoms with E-state index >= 15 is 0 Å². The SMILES string of the molecule is Cc1ccccc1/C=C1\SC(=S)N(CC(=O)Nc2ccc([N+](=O)[O-])cc2O)C1=O. The number of thiocarbonyl (C=S) groups is 1. The van der Waals surface area contributed by atoms with Crippen LogP contribution in [-0.2, 0) is 9.59 Å². The minimum absolute atomic E-state index is 0.00138. The number of phenolic OH excluding ortho intramolecular Hbond substituents is 1. The van der Waals surface area contributed by atoms with Crippen molar-refractivity contribution in [2.75, 3.05) is 11.9 Å². The summed E-state index contributed by atoms with van der Waals surface area (Å²) < 4.78 is 0.248. The Morgan fingerprint density at radius 3 is 2.72 bits per heavy atom. The van der Waals surface area contributed by atoms with E-state index in [2.05, 4.69) is 5.32 Å². The molecule has 29 heavy (non-hydrogen) atoms. The number of aryl methyl sites for hydroxylation is 1. The fourth-order valence-electron chi connectivity index (χ4n) is 2.60. The normalized spacial score (nSPS) is 15.1. The van der Waals surface area contributed by atoms with Crippen LogP contribution in [0.5, 0.6) is 5.75 Å². The van der Waals surface area contributed by atoms with Crippen molar-refractivity contribution in [3.05, 3.63) is 68.6 Å². The van der Waals surface area contributed by atoms with Gasteiger partial charge in [0.05, 0.1) is 21.6 Å². The highest BCUT2D eigenvalue weighted by Crippen LogP contribution is 2.33. The average Bonchev–Trinajstić information content (AvgIpc) is 2.92. The first-order chi connectivity index (χ1) is 13.8. The van der Waals surface area contributed by atoms with Gasteiger partial charge >= 0.3 is 0 Å². The van der Waals surface area contributed by atoms with Crippen molar-refractivity contribution < 1.29 is 19.6 Å². The number of carbonyl (C=O) groups is 2. The van der Waals surface area contributed by atoms with Crippen molar-refractivity contribution in [3.8, 4) is 5.75 Å². The minimum atomic E-state index is -0.661. The zero-order valence-electron chi connectivity index (χ0n) is 15.1. The van der Waals surface area contributed by atoms with Crippen molar-refractivity contribution in [2.45, 2.75) is 6.92 Å². The Morgan fingerprint density at radius 2 is 2.07 bits per heavy atom. The predicted octanol–water partition coefficient (Wildman–Crippen LogP) is 3.45. The molecule has 1 saturated heterocycles. The lowest BCUT2D eigenvalue weighted by atomic mass is 10.1. The van der Waals surface area contributed by atoms with Gasteiger partial charge in [-0.05, 0) is 30.2 Å². The summed E-state index contributed by atoms with van der Waals surface area (Å²) >= 11 is 6.33. The highest BCUT2D eigenvalue weighted by molar-refractivity contribution is 8.26. The second-order valence-electron chi connectivity index (χ2n) is 6.13. The van der Waals surface area contributed by atoms with Crippen LogP contribution >= 0.6 is 24.0 Å². The maximum absolute atomic E-state index is 12.7. The molecule has 0 atom stereocenters. The number of amides is 2. The van der Waals surface area contributed by atoms with Crippen LogP contribution in [0, 0.1) is 17.0 Å². The van der Waals surface area contributed by atoms with Crippen LogP contribution in [0.4, 0.5) is 11.4 Å². The second kappa shape index (κ2) is 8.41. The molecule has 2 aromatic rings. The first kappa shape index (κ1) is 20.5. The number of carbonyl (C=O) groups excluding carboxylic acids is 2. The number of hydrogen-bond acceptors (Lipinski definition) is 7. The van der Waals surface area contributed by atoms with Gasteiger partial charge < -0.3 is 10.4 Å². The summed E-state index contributed by atoms with van der Waals surface area (Å²) in [5.41, 5.74) is 1.58. The maximum Gasteiger partial charge on any atom is 0.273 e. The summed E-state index contributed by atoms with van der Waals surface area (Å²) in [5.74, 6) is -1.42. The van der Waals surface area contributed by atoms with Crippen LogP contribution in [0.1, 0.15) is 11.1 Å². The van der Waals surface area contributed by atoms with Gasteiger partial charge in [-0.15, -0.1) is 0 Å². The van der Waals surface area contributed by atoms with Crippen LogP contribution < -0.4 is 5.32 Å². The van der Waals surface area contributed by atoms with Crippen molar-refractivity contribution in [3.63, 3.8) is 0 Å². The first-order valence-electron chi connectivity index (χ1n) is 8.34. The van der Waals surface area contributed by atoms with E-state index in [1.165, 1.54) is 11.0 Å². The molecule has 2 aromatic carbocycles. The third-order valence-electron chi connectivity index (χ3n) is 4.12. The van der Waals surface area contributed by atoms with E-state index in [9.17, 15) is 24.8 Å². The Labute approximate surface area is 175 Å². The second-order valence-corrected chi connectivity index (χ2v) is 7.81. The van der Waals surface area contributed by atoms with Gasteiger partial charge in [-0.1, -0.05) is 48.2 Å². The molecule has 3 rings (SSSR count). The summed E-state index contributed by atoms with van der Waals surface area (Å²) in [7, 11) is 0. The number of nitrogens with zero attached hydrogens (tertiary/aromatic N) is 2. The van der Waals surface area contributed by atoms with Crippen LogP contribution in [0.15, 0.2) is 47.4 Å². The Balaban J connectivity index is 1.71. The number of aromatic hydroxyl groups is 1. The van der Waals surface area contributed by atoms with E-state index in [1.54, 1.807) is 6.08 Å². The fraction of sp³-hybridized carbons (Fsp3) is 0.105. The smallest absolute Gasteiger partial charge is 0.273 e. The quantitative estimate of drug-likeness (QED) is 0.246. The van der Waals surface area contributed by atoms with E-state index in [-0.39, 0.29) is 28.1 Å². The molecule has 1 fully saturated rings. The van der Waals surface area contributed by atoms with E-state index in [1.807, 2.05) is 31.2 Å². The number of rotatable bonds is 5. The molecule has 2 N–H and O–H groups in total. The van der Waals surface area contributed by atoms with E-state index < -0.39 is 16.6 Å². The first-order valence-corrected chi connectivity index (χ1v) is 9.57. The number of thioether (sulfide) groups is 1. The number of benzene rings is 2. The molecular weight excluding hydrogens is 414 g/mol. The molecule has 1 heterocycles. The number of anilines is 1.